The molecule has 0 aliphatic heterocycles. The standard InChI is InChI=1S/C18H12ClN3/c19-14-4-3-11-20-17(14)12-7-9-13(10-8-12)18-21-15-5-1-2-6-16(15)22-18/h1-11H,(H,21,22). The average Bonchev–Trinajstić information content (AvgIpc) is 2.99. The second kappa shape index (κ2) is 5.28. The molecule has 0 radical (unpaired) electrons. The number of halogens is 1. The molecule has 4 rings (SSSR count). The van der Waals surface area contributed by atoms with Gasteiger partial charge in [0, 0.05) is 17.3 Å². The molecule has 4 aromatic rings. The number of fused-ring (bicyclic) bond motifs is 1. The molecule has 0 saturated carbocycles. The number of benzene rings is 2. The van der Waals surface area contributed by atoms with Crippen molar-refractivity contribution in [3.63, 3.8) is 0 Å². The van der Waals surface area contributed by atoms with Gasteiger partial charge in [0.15, 0.2) is 0 Å². The Labute approximate surface area is 132 Å². The van der Waals surface area contributed by atoms with Gasteiger partial charge in [0.25, 0.3) is 0 Å². The van der Waals surface area contributed by atoms with Gasteiger partial charge >= 0.3 is 0 Å². The first-order chi connectivity index (χ1) is 10.8. The zero-order valence-electron chi connectivity index (χ0n) is 11.6. The Kier molecular flexibility index (Phi) is 3.13. The highest BCUT2D eigenvalue weighted by Gasteiger charge is 2.07. The highest BCUT2D eigenvalue weighted by molar-refractivity contribution is 6.33. The summed E-state index contributed by atoms with van der Waals surface area (Å²) in [7, 11) is 0. The van der Waals surface area contributed by atoms with E-state index in [1.165, 1.54) is 0 Å². The van der Waals surface area contributed by atoms with E-state index in [1.807, 2.05) is 60.7 Å². The number of para-hydroxylation sites is 2. The number of pyridine rings is 1. The van der Waals surface area contributed by atoms with Crippen LogP contribution in [0.2, 0.25) is 5.02 Å². The number of aromatic amines is 1. The second-order valence-corrected chi connectivity index (χ2v) is 5.42. The lowest BCUT2D eigenvalue weighted by Crippen LogP contribution is -1.85. The van der Waals surface area contributed by atoms with E-state index in [0.29, 0.717) is 5.02 Å². The molecule has 3 nitrogen and oxygen atoms in total. The van der Waals surface area contributed by atoms with Gasteiger partial charge in [-0.05, 0) is 24.3 Å². The van der Waals surface area contributed by atoms with Gasteiger partial charge < -0.3 is 4.98 Å². The van der Waals surface area contributed by atoms with Gasteiger partial charge in [-0.2, -0.15) is 0 Å². The van der Waals surface area contributed by atoms with E-state index in [9.17, 15) is 0 Å². The van der Waals surface area contributed by atoms with Crippen molar-refractivity contribution < 1.29 is 0 Å². The average molecular weight is 306 g/mol. The van der Waals surface area contributed by atoms with Crippen LogP contribution >= 0.6 is 11.6 Å². The molecule has 0 saturated heterocycles. The van der Waals surface area contributed by atoms with Crippen LogP contribution in [0.1, 0.15) is 0 Å². The molecule has 0 spiro atoms. The number of hydrogen-bond donors (Lipinski definition) is 1. The molecular formula is C18H12ClN3. The van der Waals surface area contributed by atoms with Gasteiger partial charge in [-0.3, -0.25) is 4.98 Å². The van der Waals surface area contributed by atoms with E-state index in [2.05, 4.69) is 15.0 Å². The van der Waals surface area contributed by atoms with Crippen molar-refractivity contribution >= 4 is 22.6 Å². The normalized spacial score (nSPS) is 11.0. The number of aromatic nitrogens is 3. The van der Waals surface area contributed by atoms with Gasteiger partial charge in [-0.15, -0.1) is 0 Å². The van der Waals surface area contributed by atoms with Crippen molar-refractivity contribution in [2.45, 2.75) is 0 Å². The van der Waals surface area contributed by atoms with Crippen LogP contribution in [0.4, 0.5) is 0 Å². The Morgan fingerprint density at radius 1 is 0.818 bits per heavy atom. The summed E-state index contributed by atoms with van der Waals surface area (Å²) in [5, 5.41) is 0.652. The smallest absolute Gasteiger partial charge is 0.138 e. The topological polar surface area (TPSA) is 41.6 Å². The summed E-state index contributed by atoms with van der Waals surface area (Å²) in [6.07, 6.45) is 1.74. The van der Waals surface area contributed by atoms with E-state index >= 15 is 0 Å². The number of hydrogen-bond acceptors (Lipinski definition) is 2. The fourth-order valence-corrected chi connectivity index (χ4v) is 2.70. The van der Waals surface area contributed by atoms with Gasteiger partial charge in [0.05, 0.1) is 21.7 Å². The summed E-state index contributed by atoms with van der Waals surface area (Å²) in [5.74, 6) is 0.861. The van der Waals surface area contributed by atoms with E-state index in [-0.39, 0.29) is 0 Å². The monoisotopic (exact) mass is 305 g/mol. The molecule has 4 heteroatoms. The van der Waals surface area contributed by atoms with Crippen molar-refractivity contribution in [1.82, 2.24) is 15.0 Å². The van der Waals surface area contributed by atoms with Crippen LogP contribution in [0, 0.1) is 0 Å². The van der Waals surface area contributed by atoms with Gasteiger partial charge in [0.2, 0.25) is 0 Å². The van der Waals surface area contributed by atoms with Crippen LogP contribution in [0.15, 0.2) is 66.9 Å². The van der Waals surface area contributed by atoms with E-state index in [4.69, 9.17) is 11.6 Å². The van der Waals surface area contributed by atoms with E-state index < -0.39 is 0 Å². The summed E-state index contributed by atoms with van der Waals surface area (Å²) < 4.78 is 0. The summed E-state index contributed by atoms with van der Waals surface area (Å²) >= 11 is 6.19. The van der Waals surface area contributed by atoms with Gasteiger partial charge in [0.1, 0.15) is 5.82 Å². The molecule has 0 aliphatic rings. The first-order valence-electron chi connectivity index (χ1n) is 6.97. The predicted octanol–water partition coefficient (Wildman–Crippen LogP) is 4.95. The SMILES string of the molecule is Clc1cccnc1-c1ccc(-c2nc3ccccc3[nH]2)cc1. The molecular weight excluding hydrogens is 294 g/mol. The molecule has 106 valence electrons. The Bertz CT molecular complexity index is 909. The van der Waals surface area contributed by atoms with Crippen molar-refractivity contribution in [1.29, 1.82) is 0 Å². The van der Waals surface area contributed by atoms with Crippen LogP contribution in [0.5, 0.6) is 0 Å². The molecule has 0 bridgehead atoms. The lowest BCUT2D eigenvalue weighted by molar-refractivity contribution is 1.31. The van der Waals surface area contributed by atoms with Crippen LogP contribution in [0.3, 0.4) is 0 Å². The quantitative estimate of drug-likeness (QED) is 0.569. The first-order valence-corrected chi connectivity index (χ1v) is 7.35. The van der Waals surface area contributed by atoms with E-state index in [0.717, 1.165) is 33.7 Å². The van der Waals surface area contributed by atoms with Crippen molar-refractivity contribution in [3.8, 4) is 22.6 Å². The highest BCUT2D eigenvalue weighted by atomic mass is 35.5. The fourth-order valence-electron chi connectivity index (χ4n) is 2.47. The Balaban J connectivity index is 1.74. The lowest BCUT2D eigenvalue weighted by atomic mass is 10.1. The van der Waals surface area contributed by atoms with Crippen LogP contribution in [-0.2, 0) is 0 Å². The van der Waals surface area contributed by atoms with Crippen molar-refractivity contribution in [3.05, 3.63) is 71.9 Å². The summed E-state index contributed by atoms with van der Waals surface area (Å²) in [4.78, 5) is 12.3. The highest BCUT2D eigenvalue weighted by Crippen LogP contribution is 2.27. The maximum atomic E-state index is 6.19. The molecule has 0 unspecified atom stereocenters. The summed E-state index contributed by atoms with van der Waals surface area (Å²) in [6, 6.07) is 19.7. The van der Waals surface area contributed by atoms with E-state index in [1.54, 1.807) is 6.20 Å². The van der Waals surface area contributed by atoms with Crippen molar-refractivity contribution in [2.24, 2.45) is 0 Å². The van der Waals surface area contributed by atoms with Crippen LogP contribution in [-0.4, -0.2) is 15.0 Å². The Hall–Kier alpha value is -2.65. The predicted molar refractivity (Wildman–Crippen MR) is 89.8 cm³/mol. The third kappa shape index (κ3) is 2.26. The second-order valence-electron chi connectivity index (χ2n) is 5.01. The minimum absolute atomic E-state index is 0.652. The number of rotatable bonds is 2. The lowest BCUT2D eigenvalue weighted by Gasteiger charge is -2.04. The zero-order chi connectivity index (χ0) is 14.9. The molecule has 0 atom stereocenters. The molecule has 1 N–H and O–H groups in total. The number of nitrogens with zero attached hydrogens (tertiary/aromatic N) is 2. The third-order valence-electron chi connectivity index (χ3n) is 3.58. The molecule has 2 aromatic heterocycles. The molecule has 0 aliphatic carbocycles. The number of imidazole rings is 1. The Morgan fingerprint density at radius 3 is 2.36 bits per heavy atom. The molecule has 2 aromatic carbocycles. The third-order valence-corrected chi connectivity index (χ3v) is 3.88. The molecule has 0 amide bonds. The van der Waals surface area contributed by atoms with Crippen molar-refractivity contribution in [2.75, 3.05) is 0 Å². The van der Waals surface area contributed by atoms with Crippen LogP contribution in [0.25, 0.3) is 33.7 Å². The maximum Gasteiger partial charge on any atom is 0.138 e. The molecule has 22 heavy (non-hydrogen) atoms. The first kappa shape index (κ1) is 13.0. The Morgan fingerprint density at radius 2 is 1.59 bits per heavy atom. The number of nitrogens with one attached hydrogen (secondary N) is 1. The minimum atomic E-state index is 0.652. The zero-order valence-corrected chi connectivity index (χ0v) is 12.4. The summed E-state index contributed by atoms with van der Waals surface area (Å²) in [5.41, 5.74) is 4.82. The summed E-state index contributed by atoms with van der Waals surface area (Å²) in [6.45, 7) is 0. The number of H-pyrrole nitrogens is 1. The maximum absolute atomic E-state index is 6.19. The minimum Gasteiger partial charge on any atom is -0.338 e. The largest absolute Gasteiger partial charge is 0.338 e. The molecule has 0 fully saturated rings. The van der Waals surface area contributed by atoms with Gasteiger partial charge in [-0.25, -0.2) is 4.98 Å². The van der Waals surface area contributed by atoms with Crippen LogP contribution < -0.4 is 0 Å². The molecule has 2 heterocycles. The van der Waals surface area contributed by atoms with Gasteiger partial charge in [-0.1, -0.05) is 48.0 Å². The fraction of sp³-hybridized carbons (Fsp3) is 0.